The van der Waals surface area contributed by atoms with Crippen LogP contribution in [0.2, 0.25) is 5.02 Å². The van der Waals surface area contributed by atoms with Gasteiger partial charge < -0.3 is 9.47 Å². The molecule has 1 heterocycles. The fourth-order valence-corrected chi connectivity index (χ4v) is 5.62. The summed E-state index contributed by atoms with van der Waals surface area (Å²) >= 11 is 6.28. The summed E-state index contributed by atoms with van der Waals surface area (Å²) in [6.07, 6.45) is 1.95. The molecule has 1 aliphatic heterocycles. The van der Waals surface area contributed by atoms with E-state index in [-0.39, 0.29) is 5.69 Å². The molecule has 0 amide bonds. The number of nitro groups is 1. The van der Waals surface area contributed by atoms with Gasteiger partial charge in [-0.2, -0.15) is 0 Å². The highest BCUT2D eigenvalue weighted by Gasteiger charge is 2.64. The Hall–Kier alpha value is -4.69. The van der Waals surface area contributed by atoms with E-state index in [4.69, 9.17) is 21.1 Å². The fraction of sp³-hybridized carbons (Fsp3) is 0.188. The van der Waals surface area contributed by atoms with Gasteiger partial charge >= 0.3 is 5.97 Å². The highest BCUT2D eigenvalue weighted by Crippen LogP contribution is 2.48. The van der Waals surface area contributed by atoms with E-state index < -0.39 is 22.5 Å². The minimum Gasteiger partial charge on any atom is -0.497 e. The number of nitrogens with zero attached hydrogens (tertiary/aromatic N) is 3. The van der Waals surface area contributed by atoms with Crippen molar-refractivity contribution in [2.75, 3.05) is 14.2 Å². The van der Waals surface area contributed by atoms with Gasteiger partial charge in [0.05, 0.1) is 19.1 Å². The molecule has 2 unspecified atom stereocenters. The largest absolute Gasteiger partial charge is 0.497 e. The number of rotatable bonds is 9. The van der Waals surface area contributed by atoms with Gasteiger partial charge in [0, 0.05) is 28.3 Å². The lowest BCUT2D eigenvalue weighted by molar-refractivity contribution is -0.582. The quantitative estimate of drug-likeness (QED) is 0.104. The number of hydrogen-bond acceptors (Lipinski definition) is 6. The van der Waals surface area contributed by atoms with Crippen LogP contribution in [-0.2, 0) is 28.2 Å². The minimum absolute atomic E-state index is 0.00150. The van der Waals surface area contributed by atoms with Crippen LogP contribution in [0.5, 0.6) is 5.75 Å². The molecule has 4 aromatic carbocycles. The van der Waals surface area contributed by atoms with Gasteiger partial charge in [-0.25, -0.2) is 9.69 Å². The molecule has 1 aliphatic rings. The molecule has 0 saturated heterocycles. The first-order chi connectivity index (χ1) is 19.9. The van der Waals surface area contributed by atoms with Gasteiger partial charge in [0.2, 0.25) is 6.34 Å². The third-order valence-corrected chi connectivity index (χ3v) is 7.64. The number of hydrogen-bond donors (Lipinski definition) is 0. The molecular weight excluding hydrogens is 542 g/mol. The number of halogens is 1. The Labute approximate surface area is 243 Å². The van der Waals surface area contributed by atoms with Crippen LogP contribution in [-0.4, -0.2) is 40.9 Å². The summed E-state index contributed by atoms with van der Waals surface area (Å²) in [4.78, 5) is 27.0. The van der Waals surface area contributed by atoms with Gasteiger partial charge in [0.1, 0.15) is 18.8 Å². The molecule has 5 rings (SSSR count). The fourth-order valence-electron chi connectivity index (χ4n) is 5.49. The van der Waals surface area contributed by atoms with Gasteiger partial charge in [-0.05, 0) is 47.5 Å². The molecule has 0 aliphatic carbocycles. The van der Waals surface area contributed by atoms with Crippen molar-refractivity contribution >= 4 is 29.6 Å². The van der Waals surface area contributed by atoms with Crippen molar-refractivity contribution < 1.29 is 23.8 Å². The van der Waals surface area contributed by atoms with E-state index in [0.717, 1.165) is 28.0 Å². The number of carbonyl (C=O) groups excluding carboxylic acids is 1. The van der Waals surface area contributed by atoms with Crippen LogP contribution in [0.1, 0.15) is 28.3 Å². The van der Waals surface area contributed by atoms with Gasteiger partial charge in [0.25, 0.3) is 11.2 Å². The highest BCUT2D eigenvalue weighted by molar-refractivity contribution is 6.30. The van der Waals surface area contributed by atoms with Crippen molar-refractivity contribution in [2.24, 2.45) is 0 Å². The Kier molecular flexibility index (Phi) is 8.03. The van der Waals surface area contributed by atoms with Crippen molar-refractivity contribution in [3.63, 3.8) is 0 Å². The lowest BCUT2D eigenvalue weighted by Gasteiger charge is -2.35. The third kappa shape index (κ3) is 5.38. The predicted molar refractivity (Wildman–Crippen MR) is 156 cm³/mol. The van der Waals surface area contributed by atoms with Crippen LogP contribution in [0.15, 0.2) is 103 Å². The van der Waals surface area contributed by atoms with Crippen LogP contribution >= 0.6 is 11.6 Å². The molecule has 8 nitrogen and oxygen atoms in total. The van der Waals surface area contributed by atoms with Gasteiger partial charge in [0.15, 0.2) is 6.04 Å². The molecule has 2 atom stereocenters. The zero-order valence-electron chi connectivity index (χ0n) is 22.6. The summed E-state index contributed by atoms with van der Waals surface area (Å²) in [5, 5.41) is 11.8. The number of methoxy groups -OCH3 is 2. The molecule has 0 radical (unpaired) electrons. The van der Waals surface area contributed by atoms with E-state index in [0.29, 0.717) is 18.1 Å². The Morgan fingerprint density at radius 1 is 0.927 bits per heavy atom. The third-order valence-electron chi connectivity index (χ3n) is 7.39. The van der Waals surface area contributed by atoms with E-state index in [2.05, 4.69) is 4.58 Å². The van der Waals surface area contributed by atoms with Crippen LogP contribution in [0.25, 0.3) is 0 Å². The molecule has 208 valence electrons. The number of nitro benzene ring substituents is 1. The van der Waals surface area contributed by atoms with Crippen molar-refractivity contribution in [1.82, 2.24) is 4.90 Å². The highest BCUT2D eigenvalue weighted by atomic mass is 35.5. The van der Waals surface area contributed by atoms with Gasteiger partial charge in [-0.15, -0.1) is 0 Å². The first-order valence-corrected chi connectivity index (χ1v) is 13.4. The molecule has 0 fully saturated rings. The number of benzene rings is 4. The van der Waals surface area contributed by atoms with Crippen molar-refractivity contribution in [3.05, 3.63) is 141 Å². The summed E-state index contributed by atoms with van der Waals surface area (Å²) in [6.45, 7) is 0.783. The van der Waals surface area contributed by atoms with Crippen molar-refractivity contribution in [2.45, 2.75) is 24.7 Å². The molecule has 0 bridgehead atoms. The molecule has 9 heteroatoms. The average molecular weight is 571 g/mol. The Morgan fingerprint density at radius 3 is 2.15 bits per heavy atom. The second-order valence-electron chi connectivity index (χ2n) is 9.77. The number of ether oxygens (including phenoxy) is 2. The number of non-ortho nitro benzene ring substituents is 1. The van der Waals surface area contributed by atoms with Crippen LogP contribution in [0.4, 0.5) is 5.69 Å². The standard InChI is InChI=1S/C32H29ClN3O5/c1-40-29-18-10-23(11-19-29)20-34-22-35(21-24-8-16-28(17-9-24)36(38)39)32(31(37)41-2,26-6-4-3-5-7-26)30(34)25-12-14-27(33)15-13-25/h3-19,22,30H,20-21H2,1-2H3/q+1. The van der Waals surface area contributed by atoms with E-state index in [1.165, 1.54) is 19.2 Å². The van der Waals surface area contributed by atoms with Crippen molar-refractivity contribution in [1.29, 1.82) is 0 Å². The number of carbonyl (C=O) groups is 1. The van der Waals surface area contributed by atoms with E-state index in [1.54, 1.807) is 19.2 Å². The average Bonchev–Trinajstić information content (AvgIpc) is 3.31. The van der Waals surface area contributed by atoms with E-state index >= 15 is 0 Å². The van der Waals surface area contributed by atoms with Crippen molar-refractivity contribution in [3.8, 4) is 5.75 Å². The summed E-state index contributed by atoms with van der Waals surface area (Å²) in [5.41, 5.74) is 2.16. The first-order valence-electron chi connectivity index (χ1n) is 13.0. The smallest absolute Gasteiger partial charge is 0.364 e. The molecular formula is C32H29ClN3O5+. The zero-order chi connectivity index (χ0) is 29.0. The normalized spacial score (nSPS) is 18.1. The second kappa shape index (κ2) is 11.8. The van der Waals surface area contributed by atoms with Crippen LogP contribution in [0, 0.1) is 10.1 Å². The minimum atomic E-state index is -1.29. The monoisotopic (exact) mass is 570 g/mol. The maximum absolute atomic E-state index is 14.2. The molecule has 0 saturated carbocycles. The Bertz CT molecular complexity index is 1560. The lowest BCUT2D eigenvalue weighted by Crippen LogP contribution is -2.52. The Morgan fingerprint density at radius 2 is 1.56 bits per heavy atom. The zero-order valence-corrected chi connectivity index (χ0v) is 23.4. The molecule has 41 heavy (non-hydrogen) atoms. The summed E-state index contributed by atoms with van der Waals surface area (Å²) < 4.78 is 13.0. The Balaban J connectivity index is 1.70. The first kappa shape index (κ1) is 27.9. The van der Waals surface area contributed by atoms with E-state index in [1.807, 2.05) is 90.1 Å². The van der Waals surface area contributed by atoms with Crippen LogP contribution in [0.3, 0.4) is 0 Å². The maximum atomic E-state index is 14.2. The molecule has 0 N–H and O–H groups in total. The summed E-state index contributed by atoms with van der Waals surface area (Å²) in [6, 6.07) is 30.7. The number of esters is 1. The maximum Gasteiger partial charge on any atom is 0.364 e. The molecule has 0 aromatic heterocycles. The lowest BCUT2D eigenvalue weighted by atomic mass is 9.78. The summed E-state index contributed by atoms with van der Waals surface area (Å²) in [7, 11) is 3.02. The molecule has 0 spiro atoms. The summed E-state index contributed by atoms with van der Waals surface area (Å²) in [5.74, 6) is 0.320. The van der Waals surface area contributed by atoms with E-state index in [9.17, 15) is 14.9 Å². The topological polar surface area (TPSA) is 84.9 Å². The van der Waals surface area contributed by atoms with Crippen LogP contribution < -0.4 is 4.74 Å². The van der Waals surface area contributed by atoms with Gasteiger partial charge in [-0.3, -0.25) is 14.7 Å². The van der Waals surface area contributed by atoms with Gasteiger partial charge in [-0.1, -0.05) is 66.2 Å². The second-order valence-corrected chi connectivity index (χ2v) is 10.2. The SMILES string of the molecule is COC(=O)C1(c2ccccc2)C(c2ccc(Cl)cc2)[N+](Cc2ccc(OC)cc2)=CN1Cc1ccc([N+](=O)[O-])cc1. The predicted octanol–water partition coefficient (Wildman–Crippen LogP) is 6.12. The molecule has 4 aromatic rings.